The van der Waals surface area contributed by atoms with Crippen LogP contribution in [0.15, 0.2) is 24.3 Å². The Labute approximate surface area is 84.4 Å². The molecule has 0 radical (unpaired) electrons. The van der Waals surface area contributed by atoms with Gasteiger partial charge in [-0.25, -0.2) is 0 Å². The Hall–Kier alpha value is -1.06. The van der Waals surface area contributed by atoms with E-state index in [1.54, 1.807) is 18.2 Å². The second kappa shape index (κ2) is 4.98. The van der Waals surface area contributed by atoms with E-state index >= 15 is 0 Å². The number of phenols is 1. The predicted molar refractivity (Wildman–Crippen MR) is 56.1 cm³/mol. The molecule has 0 saturated carbocycles. The van der Waals surface area contributed by atoms with Crippen molar-refractivity contribution in [3.8, 4) is 5.75 Å². The molecule has 0 bridgehead atoms. The summed E-state index contributed by atoms with van der Waals surface area (Å²) in [5, 5.41) is 22.0. The quantitative estimate of drug-likeness (QED) is 0.634. The van der Waals surface area contributed by atoms with Crippen molar-refractivity contribution >= 4 is 0 Å². The van der Waals surface area contributed by atoms with E-state index in [0.717, 1.165) is 5.56 Å². The average Bonchev–Trinajstić information content (AvgIpc) is 2.07. The minimum absolute atomic E-state index is 0.232. The lowest BCUT2D eigenvalue weighted by Crippen LogP contribution is -2.36. The molecule has 78 valence electrons. The van der Waals surface area contributed by atoms with Gasteiger partial charge in [0.1, 0.15) is 12.0 Å². The monoisotopic (exact) mass is 195 g/mol. The lowest BCUT2D eigenvalue weighted by Gasteiger charge is -2.16. The van der Waals surface area contributed by atoms with Crippen molar-refractivity contribution < 1.29 is 10.2 Å². The van der Waals surface area contributed by atoms with Gasteiger partial charge in [0, 0.05) is 12.5 Å². The summed E-state index contributed by atoms with van der Waals surface area (Å²) >= 11 is 0. The fourth-order valence-electron chi connectivity index (χ4n) is 1.34. The summed E-state index contributed by atoms with van der Waals surface area (Å²) in [5.41, 5.74) is 0.758. The van der Waals surface area contributed by atoms with E-state index in [4.69, 9.17) is 0 Å². The molecular formula is C11H17NO2. The number of para-hydroxylation sites is 1. The van der Waals surface area contributed by atoms with Crippen LogP contribution < -0.4 is 5.32 Å². The Morgan fingerprint density at radius 1 is 1.29 bits per heavy atom. The summed E-state index contributed by atoms with van der Waals surface area (Å²) in [6, 6.07) is 7.27. The van der Waals surface area contributed by atoms with Gasteiger partial charge in [0.15, 0.2) is 0 Å². The first kappa shape index (κ1) is 11.0. The van der Waals surface area contributed by atoms with Crippen molar-refractivity contribution in [1.29, 1.82) is 0 Å². The molecule has 1 unspecified atom stereocenters. The summed E-state index contributed by atoms with van der Waals surface area (Å²) in [4.78, 5) is 0. The Kier molecular flexibility index (Phi) is 3.92. The molecule has 1 rings (SSSR count). The highest BCUT2D eigenvalue weighted by Crippen LogP contribution is 2.16. The van der Waals surface area contributed by atoms with E-state index in [1.165, 1.54) is 0 Å². The number of aliphatic hydroxyl groups is 1. The standard InChI is InChI=1S/C11H17NO2/c1-8(2)12-11(14)7-9-5-3-4-6-10(9)13/h3-6,8,11-14H,7H2,1-2H3. The highest BCUT2D eigenvalue weighted by Gasteiger charge is 2.08. The van der Waals surface area contributed by atoms with E-state index in [-0.39, 0.29) is 11.8 Å². The summed E-state index contributed by atoms with van der Waals surface area (Å²) in [7, 11) is 0. The molecule has 1 aromatic carbocycles. The van der Waals surface area contributed by atoms with Crippen molar-refractivity contribution in [2.75, 3.05) is 0 Å². The minimum Gasteiger partial charge on any atom is -0.508 e. The molecule has 1 aromatic rings. The largest absolute Gasteiger partial charge is 0.508 e. The van der Waals surface area contributed by atoms with Gasteiger partial charge < -0.3 is 10.2 Å². The van der Waals surface area contributed by atoms with Gasteiger partial charge in [-0.3, -0.25) is 5.32 Å². The third-order valence-corrected chi connectivity index (χ3v) is 1.93. The zero-order valence-electron chi connectivity index (χ0n) is 8.57. The van der Waals surface area contributed by atoms with Crippen molar-refractivity contribution in [2.45, 2.75) is 32.5 Å². The van der Waals surface area contributed by atoms with Crippen LogP contribution in [0.2, 0.25) is 0 Å². The van der Waals surface area contributed by atoms with Crippen LogP contribution in [0.25, 0.3) is 0 Å². The lowest BCUT2D eigenvalue weighted by molar-refractivity contribution is 0.127. The number of benzene rings is 1. The molecule has 3 nitrogen and oxygen atoms in total. The number of hydrogen-bond acceptors (Lipinski definition) is 3. The molecule has 0 fully saturated rings. The molecule has 1 atom stereocenters. The maximum atomic E-state index is 9.58. The molecule has 0 aromatic heterocycles. The van der Waals surface area contributed by atoms with Crippen molar-refractivity contribution in [3.05, 3.63) is 29.8 Å². The van der Waals surface area contributed by atoms with Gasteiger partial charge in [-0.15, -0.1) is 0 Å². The van der Waals surface area contributed by atoms with Gasteiger partial charge in [0.2, 0.25) is 0 Å². The van der Waals surface area contributed by atoms with E-state index in [9.17, 15) is 10.2 Å². The van der Waals surface area contributed by atoms with Crippen LogP contribution >= 0.6 is 0 Å². The minimum atomic E-state index is -0.608. The van der Waals surface area contributed by atoms with Gasteiger partial charge in [-0.05, 0) is 25.5 Å². The molecule has 0 heterocycles. The molecule has 3 heteroatoms. The first-order valence-corrected chi connectivity index (χ1v) is 4.80. The van der Waals surface area contributed by atoms with Crippen LogP contribution in [-0.4, -0.2) is 22.5 Å². The van der Waals surface area contributed by atoms with Crippen molar-refractivity contribution in [2.24, 2.45) is 0 Å². The van der Waals surface area contributed by atoms with E-state index in [1.807, 2.05) is 19.9 Å². The summed E-state index contributed by atoms with van der Waals surface area (Å²) in [6.45, 7) is 3.93. The Bertz CT molecular complexity index is 286. The number of aromatic hydroxyl groups is 1. The van der Waals surface area contributed by atoms with Gasteiger partial charge >= 0.3 is 0 Å². The molecule has 0 aliphatic carbocycles. The summed E-state index contributed by atoms with van der Waals surface area (Å²) < 4.78 is 0. The number of aliphatic hydroxyl groups excluding tert-OH is 1. The summed E-state index contributed by atoms with van der Waals surface area (Å²) in [5.74, 6) is 0.233. The van der Waals surface area contributed by atoms with Crippen molar-refractivity contribution in [1.82, 2.24) is 5.32 Å². The Morgan fingerprint density at radius 2 is 1.93 bits per heavy atom. The Balaban J connectivity index is 2.56. The topological polar surface area (TPSA) is 52.5 Å². The first-order valence-electron chi connectivity index (χ1n) is 4.80. The zero-order valence-corrected chi connectivity index (χ0v) is 8.57. The zero-order chi connectivity index (χ0) is 10.6. The fourth-order valence-corrected chi connectivity index (χ4v) is 1.34. The van der Waals surface area contributed by atoms with Crippen LogP contribution in [0.1, 0.15) is 19.4 Å². The molecule has 14 heavy (non-hydrogen) atoms. The van der Waals surface area contributed by atoms with Crippen LogP contribution in [0.4, 0.5) is 0 Å². The number of hydrogen-bond donors (Lipinski definition) is 3. The normalized spacial score (nSPS) is 13.1. The van der Waals surface area contributed by atoms with Crippen LogP contribution in [0, 0.1) is 0 Å². The van der Waals surface area contributed by atoms with Crippen LogP contribution in [0.5, 0.6) is 5.75 Å². The van der Waals surface area contributed by atoms with E-state index < -0.39 is 6.23 Å². The van der Waals surface area contributed by atoms with Crippen molar-refractivity contribution in [3.63, 3.8) is 0 Å². The molecule has 0 amide bonds. The van der Waals surface area contributed by atoms with Gasteiger partial charge in [-0.1, -0.05) is 18.2 Å². The third kappa shape index (κ3) is 3.36. The average molecular weight is 195 g/mol. The second-order valence-corrected chi connectivity index (χ2v) is 3.67. The maximum absolute atomic E-state index is 9.58. The van der Waals surface area contributed by atoms with Crippen LogP contribution in [-0.2, 0) is 6.42 Å². The van der Waals surface area contributed by atoms with Crippen LogP contribution in [0.3, 0.4) is 0 Å². The summed E-state index contributed by atoms with van der Waals surface area (Å²) in [6.07, 6.45) is -0.187. The van der Waals surface area contributed by atoms with E-state index in [0.29, 0.717) is 6.42 Å². The van der Waals surface area contributed by atoms with Gasteiger partial charge in [0.25, 0.3) is 0 Å². The van der Waals surface area contributed by atoms with Gasteiger partial charge in [-0.2, -0.15) is 0 Å². The highest BCUT2D eigenvalue weighted by atomic mass is 16.3. The molecule has 0 aliphatic rings. The molecule has 0 spiro atoms. The maximum Gasteiger partial charge on any atom is 0.118 e. The highest BCUT2D eigenvalue weighted by molar-refractivity contribution is 5.32. The number of nitrogens with one attached hydrogen (secondary N) is 1. The fraction of sp³-hybridized carbons (Fsp3) is 0.455. The molecule has 0 saturated heterocycles. The van der Waals surface area contributed by atoms with Gasteiger partial charge in [0.05, 0.1) is 0 Å². The number of rotatable bonds is 4. The molecule has 0 aliphatic heterocycles. The molecular weight excluding hydrogens is 178 g/mol. The van der Waals surface area contributed by atoms with E-state index in [2.05, 4.69) is 5.32 Å². The Morgan fingerprint density at radius 3 is 2.50 bits per heavy atom. The predicted octanol–water partition coefficient (Wildman–Crippen LogP) is 1.25. The molecule has 3 N–H and O–H groups in total. The smallest absolute Gasteiger partial charge is 0.118 e. The number of phenolic OH excluding ortho intramolecular Hbond substituents is 1. The SMILES string of the molecule is CC(C)NC(O)Cc1ccccc1O. The first-order chi connectivity index (χ1) is 6.59. The second-order valence-electron chi connectivity index (χ2n) is 3.67. The third-order valence-electron chi connectivity index (χ3n) is 1.93. The lowest BCUT2D eigenvalue weighted by atomic mass is 10.1.